The van der Waals surface area contributed by atoms with Gasteiger partial charge in [0.1, 0.15) is 12.1 Å². The summed E-state index contributed by atoms with van der Waals surface area (Å²) in [5, 5.41) is 15.9. The average molecular weight is 373 g/mol. The number of carbonyl (C=O) groups excluding carboxylic acids is 4. The first-order valence-corrected chi connectivity index (χ1v) is 8.09. The Bertz CT molecular complexity index is 551. The number of nitrogens with one attached hydrogen (secondary N) is 3. The van der Waals surface area contributed by atoms with Crippen molar-refractivity contribution in [2.24, 2.45) is 17.4 Å². The number of nitrogens with two attached hydrogens (primary N) is 2. The topological polar surface area (TPSA) is 194 Å². The Morgan fingerprint density at radius 3 is 2.04 bits per heavy atom. The zero-order chi connectivity index (χ0) is 20.4. The zero-order valence-electron chi connectivity index (χ0n) is 15.1. The Balaban J connectivity index is 4.42. The van der Waals surface area contributed by atoms with Crippen LogP contribution < -0.4 is 27.4 Å². The SMILES string of the molecule is CC(NC(=O)C(N)C(C)C)C(=O)NCC(=O)NC(CCC(N)=O)C(=O)O. The number of amides is 4. The van der Waals surface area contributed by atoms with Crippen LogP contribution in [0.3, 0.4) is 0 Å². The first-order valence-electron chi connectivity index (χ1n) is 8.09. The van der Waals surface area contributed by atoms with Crippen LogP contribution in [0.5, 0.6) is 0 Å². The van der Waals surface area contributed by atoms with Crippen molar-refractivity contribution < 1.29 is 29.1 Å². The van der Waals surface area contributed by atoms with E-state index >= 15 is 0 Å². The van der Waals surface area contributed by atoms with E-state index in [1.807, 2.05) is 0 Å². The van der Waals surface area contributed by atoms with Gasteiger partial charge in [-0.2, -0.15) is 0 Å². The fourth-order valence-corrected chi connectivity index (χ4v) is 1.79. The molecular formula is C15H27N5O6. The van der Waals surface area contributed by atoms with Crippen LogP contribution in [-0.4, -0.2) is 59.4 Å². The molecule has 4 amide bonds. The van der Waals surface area contributed by atoms with Gasteiger partial charge < -0.3 is 32.5 Å². The molecule has 0 aromatic heterocycles. The summed E-state index contributed by atoms with van der Waals surface area (Å²) >= 11 is 0. The standard InChI is InChI=1S/C15H27N5O6/c1-7(2)12(17)14(24)19-8(3)13(23)18-6-11(22)20-9(15(25)26)4-5-10(16)21/h7-9,12H,4-6,17H2,1-3H3,(H2,16,21)(H,18,23)(H,19,24)(H,20,22)(H,25,26). The number of carboxylic acid groups (broad SMARTS) is 1. The first kappa shape index (κ1) is 23.3. The van der Waals surface area contributed by atoms with Crippen LogP contribution in [0.4, 0.5) is 0 Å². The monoisotopic (exact) mass is 373 g/mol. The van der Waals surface area contributed by atoms with Crippen molar-refractivity contribution in [3.05, 3.63) is 0 Å². The maximum absolute atomic E-state index is 11.9. The molecule has 3 atom stereocenters. The van der Waals surface area contributed by atoms with E-state index in [1.54, 1.807) is 13.8 Å². The molecule has 8 N–H and O–H groups in total. The van der Waals surface area contributed by atoms with E-state index in [1.165, 1.54) is 6.92 Å². The van der Waals surface area contributed by atoms with Crippen molar-refractivity contribution in [3.8, 4) is 0 Å². The Labute approximate surface area is 151 Å². The number of primary amides is 1. The molecule has 0 bridgehead atoms. The molecule has 0 rings (SSSR count). The molecule has 0 aliphatic rings. The van der Waals surface area contributed by atoms with Gasteiger partial charge >= 0.3 is 5.97 Å². The van der Waals surface area contributed by atoms with Gasteiger partial charge in [-0.15, -0.1) is 0 Å². The largest absolute Gasteiger partial charge is 0.480 e. The summed E-state index contributed by atoms with van der Waals surface area (Å²) in [6, 6.07) is -2.99. The van der Waals surface area contributed by atoms with E-state index < -0.39 is 54.3 Å². The Hall–Kier alpha value is -2.69. The van der Waals surface area contributed by atoms with E-state index in [-0.39, 0.29) is 18.8 Å². The molecule has 0 fully saturated rings. The van der Waals surface area contributed by atoms with Crippen LogP contribution in [0, 0.1) is 5.92 Å². The molecular weight excluding hydrogens is 346 g/mol. The van der Waals surface area contributed by atoms with Gasteiger partial charge in [-0.3, -0.25) is 19.2 Å². The smallest absolute Gasteiger partial charge is 0.326 e. The minimum absolute atomic E-state index is 0.107. The van der Waals surface area contributed by atoms with E-state index in [9.17, 15) is 24.0 Å². The van der Waals surface area contributed by atoms with Crippen molar-refractivity contribution in [2.45, 2.75) is 51.7 Å². The minimum Gasteiger partial charge on any atom is -0.480 e. The molecule has 0 saturated heterocycles. The second kappa shape index (κ2) is 11.0. The highest BCUT2D eigenvalue weighted by Gasteiger charge is 2.23. The normalized spacial score (nSPS) is 14.0. The molecule has 0 aliphatic carbocycles. The summed E-state index contributed by atoms with van der Waals surface area (Å²) in [6.07, 6.45) is -0.368. The molecule has 0 heterocycles. The summed E-state index contributed by atoms with van der Waals surface area (Å²) < 4.78 is 0. The predicted molar refractivity (Wildman–Crippen MR) is 91.4 cm³/mol. The van der Waals surface area contributed by atoms with Crippen LogP contribution in [0.1, 0.15) is 33.6 Å². The molecule has 3 unspecified atom stereocenters. The highest BCUT2D eigenvalue weighted by Crippen LogP contribution is 1.99. The van der Waals surface area contributed by atoms with Crippen molar-refractivity contribution in [2.75, 3.05) is 6.54 Å². The van der Waals surface area contributed by atoms with Crippen molar-refractivity contribution in [1.82, 2.24) is 16.0 Å². The van der Waals surface area contributed by atoms with E-state index in [2.05, 4.69) is 16.0 Å². The number of hydrogen-bond acceptors (Lipinski definition) is 6. The van der Waals surface area contributed by atoms with E-state index in [4.69, 9.17) is 16.6 Å². The fourth-order valence-electron chi connectivity index (χ4n) is 1.79. The number of hydrogen-bond donors (Lipinski definition) is 6. The molecule has 26 heavy (non-hydrogen) atoms. The molecule has 0 aromatic carbocycles. The number of carbonyl (C=O) groups is 5. The highest BCUT2D eigenvalue weighted by molar-refractivity contribution is 5.92. The third-order valence-corrected chi connectivity index (χ3v) is 3.51. The molecule has 0 aliphatic heterocycles. The fraction of sp³-hybridized carbons (Fsp3) is 0.667. The molecule has 148 valence electrons. The van der Waals surface area contributed by atoms with Gasteiger partial charge in [0.25, 0.3) is 0 Å². The lowest BCUT2D eigenvalue weighted by molar-refractivity contribution is -0.142. The van der Waals surface area contributed by atoms with Crippen molar-refractivity contribution in [3.63, 3.8) is 0 Å². The molecule has 11 nitrogen and oxygen atoms in total. The third kappa shape index (κ3) is 8.97. The predicted octanol–water partition coefficient (Wildman–Crippen LogP) is -2.57. The number of aliphatic carboxylic acids is 1. The van der Waals surface area contributed by atoms with E-state index in [0.717, 1.165) is 0 Å². The van der Waals surface area contributed by atoms with Crippen LogP contribution in [0.25, 0.3) is 0 Å². The first-order chi connectivity index (χ1) is 12.0. The van der Waals surface area contributed by atoms with Gasteiger partial charge in [-0.25, -0.2) is 4.79 Å². The van der Waals surface area contributed by atoms with Crippen LogP contribution in [-0.2, 0) is 24.0 Å². The lowest BCUT2D eigenvalue weighted by atomic mass is 10.0. The third-order valence-electron chi connectivity index (χ3n) is 3.51. The summed E-state index contributed by atoms with van der Waals surface area (Å²) in [5.41, 5.74) is 10.6. The Morgan fingerprint density at radius 2 is 1.58 bits per heavy atom. The van der Waals surface area contributed by atoms with Gasteiger partial charge in [-0.05, 0) is 19.3 Å². The minimum atomic E-state index is -1.32. The Kier molecular flexibility index (Phi) is 9.89. The van der Waals surface area contributed by atoms with Gasteiger partial charge in [0.05, 0.1) is 12.6 Å². The summed E-state index contributed by atoms with van der Waals surface area (Å²) in [5.74, 6) is -4.01. The maximum Gasteiger partial charge on any atom is 0.326 e. The average Bonchev–Trinajstić information content (AvgIpc) is 2.54. The molecule has 0 spiro atoms. The van der Waals surface area contributed by atoms with Gasteiger partial charge in [0.15, 0.2) is 0 Å². The summed E-state index contributed by atoms with van der Waals surface area (Å²) in [6.45, 7) is 4.45. The molecule has 0 aromatic rings. The second-order valence-electron chi connectivity index (χ2n) is 6.18. The zero-order valence-corrected chi connectivity index (χ0v) is 15.1. The lowest BCUT2D eigenvalue weighted by Gasteiger charge is -2.19. The highest BCUT2D eigenvalue weighted by atomic mass is 16.4. The van der Waals surface area contributed by atoms with Gasteiger partial charge in [-0.1, -0.05) is 13.8 Å². The Morgan fingerprint density at radius 1 is 1.00 bits per heavy atom. The molecule has 11 heteroatoms. The molecule has 0 saturated carbocycles. The quantitative estimate of drug-likeness (QED) is 0.229. The van der Waals surface area contributed by atoms with Gasteiger partial charge in [0.2, 0.25) is 23.6 Å². The number of rotatable bonds is 11. The second-order valence-corrected chi connectivity index (χ2v) is 6.18. The van der Waals surface area contributed by atoms with E-state index in [0.29, 0.717) is 0 Å². The number of carboxylic acids is 1. The lowest BCUT2D eigenvalue weighted by Crippen LogP contribution is -2.53. The summed E-state index contributed by atoms with van der Waals surface area (Å²) in [4.78, 5) is 57.1. The van der Waals surface area contributed by atoms with Gasteiger partial charge in [0, 0.05) is 6.42 Å². The van der Waals surface area contributed by atoms with Crippen LogP contribution in [0.15, 0.2) is 0 Å². The van der Waals surface area contributed by atoms with Crippen molar-refractivity contribution >= 4 is 29.6 Å². The van der Waals surface area contributed by atoms with Crippen LogP contribution in [0.2, 0.25) is 0 Å². The molecule has 0 radical (unpaired) electrons. The van der Waals surface area contributed by atoms with Crippen LogP contribution >= 0.6 is 0 Å². The summed E-state index contributed by atoms with van der Waals surface area (Å²) in [7, 11) is 0. The maximum atomic E-state index is 11.9. The van der Waals surface area contributed by atoms with Crippen molar-refractivity contribution in [1.29, 1.82) is 0 Å².